The molecule has 9 heteroatoms. The lowest BCUT2D eigenvalue weighted by molar-refractivity contribution is -0.166. The number of aliphatic carboxylic acids is 1. The average molecular weight is 453 g/mol. The molecule has 1 saturated heterocycles. The standard InChI is InChI=1S/C23H24N4O4S/c24-22-25-13-16(32-22)11-12-17-19(21(29)30)27(20(17)28)23(31)26-18(14-7-3-1-4-8-14)15-9-5-2-6-10-15/h1-10,13,17-19,22,25H,11-12,24H2,(H,26,31)(H,29,30). The number of thioether (sulfide) groups is 1. The summed E-state index contributed by atoms with van der Waals surface area (Å²) in [6.45, 7) is 0. The summed E-state index contributed by atoms with van der Waals surface area (Å²) in [7, 11) is 0. The predicted molar refractivity (Wildman–Crippen MR) is 121 cm³/mol. The lowest BCUT2D eigenvalue weighted by atomic mass is 9.83. The number of carboxylic acid groups (broad SMARTS) is 1. The number of carbonyl (C=O) groups excluding carboxylic acids is 2. The second kappa shape index (κ2) is 9.46. The first-order valence-corrected chi connectivity index (χ1v) is 11.2. The number of β-lactam (4-membered cyclic amide) rings is 1. The Bertz CT molecular complexity index is 991. The maximum atomic E-state index is 13.0. The molecule has 2 aromatic carbocycles. The van der Waals surface area contributed by atoms with E-state index in [4.69, 9.17) is 5.73 Å². The van der Waals surface area contributed by atoms with Crippen LogP contribution < -0.4 is 16.4 Å². The lowest BCUT2D eigenvalue weighted by Crippen LogP contribution is -2.68. The summed E-state index contributed by atoms with van der Waals surface area (Å²) < 4.78 is 0. The first kappa shape index (κ1) is 21.9. The van der Waals surface area contributed by atoms with Crippen LogP contribution in [0.4, 0.5) is 4.79 Å². The number of rotatable bonds is 7. The number of hydrogen-bond acceptors (Lipinski definition) is 6. The summed E-state index contributed by atoms with van der Waals surface area (Å²) >= 11 is 1.44. The third-order valence-corrected chi connectivity index (χ3v) is 6.62. The molecule has 0 radical (unpaired) electrons. The van der Waals surface area contributed by atoms with Gasteiger partial charge in [0.2, 0.25) is 5.91 Å². The van der Waals surface area contributed by atoms with Gasteiger partial charge in [0.05, 0.1) is 12.0 Å². The van der Waals surface area contributed by atoms with Crippen LogP contribution in [-0.4, -0.2) is 39.5 Å². The van der Waals surface area contributed by atoms with Crippen LogP contribution in [0.2, 0.25) is 0 Å². The van der Waals surface area contributed by atoms with E-state index >= 15 is 0 Å². The van der Waals surface area contributed by atoms with Crippen LogP contribution in [-0.2, 0) is 9.59 Å². The molecule has 0 aromatic heterocycles. The Kier molecular flexibility index (Phi) is 6.48. The van der Waals surface area contributed by atoms with Crippen LogP contribution in [0.5, 0.6) is 0 Å². The second-order valence-electron chi connectivity index (χ2n) is 7.66. The number of nitrogens with one attached hydrogen (secondary N) is 2. The van der Waals surface area contributed by atoms with Crippen molar-refractivity contribution in [2.24, 2.45) is 11.7 Å². The van der Waals surface area contributed by atoms with E-state index < -0.39 is 35.9 Å². The zero-order valence-corrected chi connectivity index (χ0v) is 18.0. The third kappa shape index (κ3) is 4.49. The molecule has 2 aliphatic heterocycles. The number of hydrogen-bond donors (Lipinski definition) is 4. The van der Waals surface area contributed by atoms with Gasteiger partial charge in [-0.15, -0.1) is 0 Å². The fourth-order valence-electron chi connectivity index (χ4n) is 4.02. The van der Waals surface area contributed by atoms with Gasteiger partial charge in [-0.1, -0.05) is 72.4 Å². The van der Waals surface area contributed by atoms with Crippen molar-refractivity contribution < 1.29 is 19.5 Å². The molecule has 3 unspecified atom stereocenters. The molecule has 8 nitrogen and oxygen atoms in total. The van der Waals surface area contributed by atoms with Crippen molar-refractivity contribution >= 4 is 29.7 Å². The van der Waals surface area contributed by atoms with Gasteiger partial charge in [0.15, 0.2) is 6.04 Å². The Morgan fingerprint density at radius 2 is 1.69 bits per heavy atom. The van der Waals surface area contributed by atoms with Crippen LogP contribution >= 0.6 is 11.8 Å². The highest BCUT2D eigenvalue weighted by Gasteiger charge is 2.54. The van der Waals surface area contributed by atoms with Crippen molar-refractivity contribution in [2.75, 3.05) is 0 Å². The van der Waals surface area contributed by atoms with E-state index in [0.717, 1.165) is 20.9 Å². The third-order valence-electron chi connectivity index (χ3n) is 5.61. The molecule has 32 heavy (non-hydrogen) atoms. The minimum absolute atomic E-state index is 0.229. The van der Waals surface area contributed by atoms with Crippen LogP contribution in [0, 0.1) is 5.92 Å². The van der Waals surface area contributed by atoms with Gasteiger partial charge in [0.1, 0.15) is 5.50 Å². The number of benzene rings is 2. The van der Waals surface area contributed by atoms with E-state index in [1.165, 1.54) is 11.8 Å². The number of likely N-dealkylation sites (tertiary alicyclic amines) is 1. The minimum atomic E-state index is -1.19. The topological polar surface area (TPSA) is 125 Å². The molecule has 3 amide bonds. The highest BCUT2D eigenvalue weighted by Crippen LogP contribution is 2.36. The summed E-state index contributed by atoms with van der Waals surface area (Å²) in [5, 5.41) is 15.5. The number of nitrogens with two attached hydrogens (primary N) is 1. The summed E-state index contributed by atoms with van der Waals surface area (Å²) in [5.74, 6) is -2.41. The van der Waals surface area contributed by atoms with Crippen molar-refractivity contribution in [3.63, 3.8) is 0 Å². The zero-order valence-electron chi connectivity index (χ0n) is 17.2. The number of carbonyl (C=O) groups is 3. The van der Waals surface area contributed by atoms with Gasteiger partial charge in [-0.3, -0.25) is 4.79 Å². The van der Waals surface area contributed by atoms with Crippen LogP contribution in [0.15, 0.2) is 71.8 Å². The average Bonchev–Trinajstić information content (AvgIpc) is 3.21. The monoisotopic (exact) mass is 452 g/mol. The van der Waals surface area contributed by atoms with Crippen molar-refractivity contribution in [1.82, 2.24) is 15.5 Å². The Labute approximate surface area is 189 Å². The zero-order chi connectivity index (χ0) is 22.7. The van der Waals surface area contributed by atoms with Gasteiger partial charge in [0, 0.05) is 11.1 Å². The van der Waals surface area contributed by atoms with Gasteiger partial charge in [-0.25, -0.2) is 14.5 Å². The molecule has 3 atom stereocenters. The molecule has 1 fully saturated rings. The smallest absolute Gasteiger partial charge is 0.327 e. The molecule has 166 valence electrons. The van der Waals surface area contributed by atoms with Gasteiger partial charge in [-0.2, -0.15) is 0 Å². The highest BCUT2D eigenvalue weighted by atomic mass is 32.2. The number of nitrogens with zero attached hydrogens (tertiary/aromatic N) is 1. The van der Waals surface area contributed by atoms with Crippen LogP contribution in [0.1, 0.15) is 30.0 Å². The van der Waals surface area contributed by atoms with E-state index in [9.17, 15) is 19.5 Å². The molecule has 4 rings (SSSR count). The molecular weight excluding hydrogens is 428 g/mol. The Morgan fingerprint density at radius 1 is 1.09 bits per heavy atom. The van der Waals surface area contributed by atoms with Crippen molar-refractivity contribution in [3.05, 3.63) is 82.9 Å². The molecule has 2 aromatic rings. The predicted octanol–water partition coefficient (Wildman–Crippen LogP) is 2.60. The Balaban J connectivity index is 1.48. The fourth-order valence-corrected chi connectivity index (χ4v) is 4.85. The first-order valence-electron chi connectivity index (χ1n) is 10.3. The minimum Gasteiger partial charge on any atom is -0.480 e. The Hall–Kier alpha value is -3.30. The van der Waals surface area contributed by atoms with Crippen LogP contribution in [0.3, 0.4) is 0 Å². The molecule has 0 aliphatic carbocycles. The molecule has 0 saturated carbocycles. The number of amides is 3. The van der Waals surface area contributed by atoms with Crippen molar-refractivity contribution in [1.29, 1.82) is 0 Å². The SMILES string of the molecule is NC1NC=C(CCC2C(=O)N(C(=O)NC(c3ccccc3)c3ccccc3)C2C(=O)O)S1. The van der Waals surface area contributed by atoms with Gasteiger partial charge < -0.3 is 21.5 Å². The van der Waals surface area contributed by atoms with E-state index in [1.807, 2.05) is 60.7 Å². The number of carboxylic acids is 1. The van der Waals surface area contributed by atoms with Gasteiger partial charge >= 0.3 is 12.0 Å². The first-order chi connectivity index (χ1) is 15.5. The van der Waals surface area contributed by atoms with E-state index in [0.29, 0.717) is 12.8 Å². The van der Waals surface area contributed by atoms with Crippen LogP contribution in [0.25, 0.3) is 0 Å². The van der Waals surface area contributed by atoms with E-state index in [1.54, 1.807) is 6.20 Å². The largest absolute Gasteiger partial charge is 0.480 e. The quantitative estimate of drug-likeness (QED) is 0.476. The van der Waals surface area contributed by atoms with E-state index in [2.05, 4.69) is 10.6 Å². The van der Waals surface area contributed by atoms with Crippen molar-refractivity contribution in [3.8, 4) is 0 Å². The van der Waals surface area contributed by atoms with Gasteiger partial charge in [-0.05, 0) is 24.0 Å². The summed E-state index contributed by atoms with van der Waals surface area (Å²) in [4.78, 5) is 39.5. The normalized spacial score (nSPS) is 22.2. The van der Waals surface area contributed by atoms with E-state index in [-0.39, 0.29) is 5.50 Å². The number of allylic oxidation sites excluding steroid dienone is 1. The molecule has 5 N–H and O–H groups in total. The second-order valence-corrected chi connectivity index (χ2v) is 8.92. The molecule has 2 aliphatic rings. The molecular formula is C23H24N4O4S. The van der Waals surface area contributed by atoms with Crippen molar-refractivity contribution in [2.45, 2.75) is 30.4 Å². The number of imide groups is 1. The Morgan fingerprint density at radius 3 is 2.19 bits per heavy atom. The molecule has 2 heterocycles. The summed E-state index contributed by atoms with van der Waals surface area (Å²) in [6, 6.07) is 16.3. The maximum Gasteiger partial charge on any atom is 0.327 e. The molecule has 0 spiro atoms. The summed E-state index contributed by atoms with van der Waals surface area (Å²) in [6.07, 6.45) is 2.65. The lowest BCUT2D eigenvalue weighted by Gasteiger charge is -2.43. The van der Waals surface area contributed by atoms with Gasteiger partial charge in [0.25, 0.3) is 0 Å². The summed E-state index contributed by atoms with van der Waals surface area (Å²) in [5.41, 5.74) is 7.20. The number of urea groups is 1. The highest BCUT2D eigenvalue weighted by molar-refractivity contribution is 8.03. The molecule has 0 bridgehead atoms. The fraction of sp³-hybridized carbons (Fsp3) is 0.261. The maximum absolute atomic E-state index is 13.0.